The number of rotatable bonds is 10. The Balaban J connectivity index is 1.62. The molecule has 0 fully saturated rings. The molecule has 0 unspecified atom stereocenters. The highest BCUT2D eigenvalue weighted by Crippen LogP contribution is 2.29. The Labute approximate surface area is 206 Å². The van der Waals surface area contributed by atoms with Gasteiger partial charge in [-0.25, -0.2) is 0 Å². The van der Waals surface area contributed by atoms with Gasteiger partial charge < -0.3 is 19.4 Å². The fourth-order valence-corrected chi connectivity index (χ4v) is 4.55. The lowest BCUT2D eigenvalue weighted by Gasteiger charge is -2.13. The second kappa shape index (κ2) is 11.6. The van der Waals surface area contributed by atoms with Gasteiger partial charge in [-0.05, 0) is 91.7 Å². The van der Waals surface area contributed by atoms with Crippen molar-refractivity contribution in [1.29, 1.82) is 0 Å². The van der Waals surface area contributed by atoms with Crippen LogP contribution >= 0.6 is 34.4 Å². The Bertz CT molecular complexity index is 1090. The molecule has 3 rings (SSSR count). The van der Waals surface area contributed by atoms with Crippen molar-refractivity contribution in [3.8, 4) is 11.5 Å². The van der Waals surface area contributed by atoms with Crippen molar-refractivity contribution in [2.75, 3.05) is 17.7 Å². The van der Waals surface area contributed by atoms with E-state index in [1.165, 1.54) is 11.8 Å². The normalized spacial score (nSPS) is 10.8. The minimum Gasteiger partial charge on any atom is -0.490 e. The predicted molar refractivity (Wildman–Crippen MR) is 136 cm³/mol. The molecule has 1 N–H and O–H groups in total. The molecular weight excluding hydrogens is 539 g/mol. The number of anilines is 1. The van der Waals surface area contributed by atoms with Crippen LogP contribution in [0.25, 0.3) is 0 Å². The highest BCUT2D eigenvalue weighted by atomic mass is 127. The maximum absolute atomic E-state index is 12.4. The molecule has 1 aromatic heterocycles. The Morgan fingerprint density at radius 1 is 1.09 bits per heavy atom. The summed E-state index contributed by atoms with van der Waals surface area (Å²) in [6.07, 6.45) is 0. The number of thioether (sulfide) groups is 1. The third kappa shape index (κ3) is 6.38. The van der Waals surface area contributed by atoms with Crippen LogP contribution < -0.4 is 14.8 Å². The summed E-state index contributed by atoms with van der Waals surface area (Å²) < 4.78 is 14.8. The summed E-state index contributed by atoms with van der Waals surface area (Å²) in [7, 11) is 0. The van der Waals surface area contributed by atoms with E-state index in [0.717, 1.165) is 20.4 Å². The van der Waals surface area contributed by atoms with Crippen LogP contribution in [0.1, 0.15) is 30.8 Å². The molecule has 0 atom stereocenters. The molecule has 7 nitrogen and oxygen atoms in total. The van der Waals surface area contributed by atoms with Crippen molar-refractivity contribution >= 4 is 45.9 Å². The van der Waals surface area contributed by atoms with Crippen molar-refractivity contribution in [3.63, 3.8) is 0 Å². The second-order valence-corrected chi connectivity index (χ2v) is 9.30. The zero-order chi connectivity index (χ0) is 23.1. The van der Waals surface area contributed by atoms with Crippen LogP contribution in [0.5, 0.6) is 11.5 Å². The standard InChI is InChI=1S/C23H27IN4O3S/c1-5-28-21(13-31-19-10-7-15(3)11-20(19)30-6-2)26-27-23(28)32-14-22(29)25-18-9-8-17(24)12-16(18)4/h7-12H,5-6,13-14H2,1-4H3,(H,25,29). The van der Waals surface area contributed by atoms with Gasteiger partial charge in [0.1, 0.15) is 6.61 Å². The summed E-state index contributed by atoms with van der Waals surface area (Å²) in [5, 5.41) is 12.2. The molecular formula is C23H27IN4O3S. The van der Waals surface area contributed by atoms with Crippen molar-refractivity contribution in [2.45, 2.75) is 46.0 Å². The maximum Gasteiger partial charge on any atom is 0.234 e. The Kier molecular flexibility index (Phi) is 8.80. The van der Waals surface area contributed by atoms with Crippen molar-refractivity contribution < 1.29 is 14.3 Å². The first-order chi connectivity index (χ1) is 15.4. The molecule has 0 radical (unpaired) electrons. The fourth-order valence-electron chi connectivity index (χ4n) is 3.08. The molecule has 0 bridgehead atoms. The first-order valence-corrected chi connectivity index (χ1v) is 12.4. The number of nitrogens with zero attached hydrogens (tertiary/aromatic N) is 3. The van der Waals surface area contributed by atoms with Gasteiger partial charge >= 0.3 is 0 Å². The van der Waals surface area contributed by atoms with E-state index < -0.39 is 0 Å². The molecule has 170 valence electrons. The molecule has 0 saturated heterocycles. The smallest absolute Gasteiger partial charge is 0.234 e. The second-order valence-electron chi connectivity index (χ2n) is 7.11. The van der Waals surface area contributed by atoms with Gasteiger partial charge in [0.2, 0.25) is 5.91 Å². The van der Waals surface area contributed by atoms with E-state index in [0.29, 0.717) is 35.6 Å². The number of nitrogens with one attached hydrogen (secondary N) is 1. The molecule has 0 saturated carbocycles. The topological polar surface area (TPSA) is 78.3 Å². The Hall–Kier alpha value is -2.27. The molecule has 32 heavy (non-hydrogen) atoms. The zero-order valence-electron chi connectivity index (χ0n) is 18.6. The molecule has 1 heterocycles. The van der Waals surface area contributed by atoms with Crippen LogP contribution in [0.2, 0.25) is 0 Å². The van der Waals surface area contributed by atoms with E-state index in [-0.39, 0.29) is 18.3 Å². The quantitative estimate of drug-likeness (QED) is 0.268. The van der Waals surface area contributed by atoms with E-state index in [4.69, 9.17) is 9.47 Å². The summed E-state index contributed by atoms with van der Waals surface area (Å²) in [5.74, 6) is 2.25. The molecule has 9 heteroatoms. The maximum atomic E-state index is 12.4. The number of amides is 1. The number of benzene rings is 2. The zero-order valence-corrected chi connectivity index (χ0v) is 21.6. The van der Waals surface area contributed by atoms with E-state index in [1.54, 1.807) is 0 Å². The minimum atomic E-state index is -0.0798. The van der Waals surface area contributed by atoms with E-state index in [1.807, 2.05) is 68.7 Å². The number of halogens is 1. The van der Waals surface area contributed by atoms with Gasteiger partial charge in [0.25, 0.3) is 0 Å². The Morgan fingerprint density at radius 2 is 1.91 bits per heavy atom. The SMILES string of the molecule is CCOc1cc(C)ccc1OCc1nnc(SCC(=O)Nc2ccc(I)cc2C)n1CC. The number of carbonyl (C=O) groups excluding carboxylic acids is 1. The van der Waals surface area contributed by atoms with Crippen LogP contribution in [0.3, 0.4) is 0 Å². The van der Waals surface area contributed by atoms with Crippen molar-refractivity contribution in [1.82, 2.24) is 14.8 Å². The Morgan fingerprint density at radius 3 is 2.62 bits per heavy atom. The van der Waals surface area contributed by atoms with Gasteiger partial charge in [-0.1, -0.05) is 17.8 Å². The lowest BCUT2D eigenvalue weighted by Crippen LogP contribution is -2.15. The summed E-state index contributed by atoms with van der Waals surface area (Å²) in [5.41, 5.74) is 2.97. The first kappa shape index (κ1) is 24.4. The molecule has 1 amide bonds. The predicted octanol–water partition coefficient (Wildman–Crippen LogP) is 5.23. The third-order valence-corrected chi connectivity index (χ3v) is 6.30. The van der Waals surface area contributed by atoms with Gasteiger partial charge in [0.05, 0.1) is 12.4 Å². The molecule has 0 aliphatic carbocycles. The van der Waals surface area contributed by atoms with Crippen LogP contribution in [0.15, 0.2) is 41.6 Å². The van der Waals surface area contributed by atoms with Gasteiger partial charge in [-0.2, -0.15) is 0 Å². The molecule has 0 aliphatic rings. The van der Waals surface area contributed by atoms with Crippen LogP contribution in [-0.4, -0.2) is 33.0 Å². The summed E-state index contributed by atoms with van der Waals surface area (Å²) >= 11 is 3.61. The van der Waals surface area contributed by atoms with E-state index >= 15 is 0 Å². The lowest BCUT2D eigenvalue weighted by atomic mass is 10.2. The van der Waals surface area contributed by atoms with Gasteiger partial charge in [-0.3, -0.25) is 4.79 Å². The average molecular weight is 566 g/mol. The van der Waals surface area contributed by atoms with Crippen molar-refractivity contribution in [2.24, 2.45) is 0 Å². The van der Waals surface area contributed by atoms with Crippen LogP contribution in [-0.2, 0) is 17.9 Å². The molecule has 0 aliphatic heterocycles. The fraction of sp³-hybridized carbons (Fsp3) is 0.348. The first-order valence-electron chi connectivity index (χ1n) is 10.4. The van der Waals surface area contributed by atoms with Gasteiger partial charge in [0.15, 0.2) is 22.5 Å². The molecule has 2 aromatic carbocycles. The highest BCUT2D eigenvalue weighted by Gasteiger charge is 2.15. The highest BCUT2D eigenvalue weighted by molar-refractivity contribution is 14.1. The van der Waals surface area contributed by atoms with Gasteiger partial charge in [-0.15, -0.1) is 10.2 Å². The summed E-state index contributed by atoms with van der Waals surface area (Å²) in [6, 6.07) is 11.8. The molecule has 3 aromatic rings. The average Bonchev–Trinajstić information content (AvgIpc) is 3.16. The van der Waals surface area contributed by atoms with Crippen LogP contribution in [0, 0.1) is 17.4 Å². The number of hydrogen-bond donors (Lipinski definition) is 1. The monoisotopic (exact) mass is 566 g/mol. The summed E-state index contributed by atoms with van der Waals surface area (Å²) in [6.45, 7) is 9.46. The minimum absolute atomic E-state index is 0.0798. The van der Waals surface area contributed by atoms with Crippen LogP contribution in [0.4, 0.5) is 5.69 Å². The third-order valence-electron chi connectivity index (χ3n) is 4.66. The van der Waals surface area contributed by atoms with Gasteiger partial charge in [0, 0.05) is 15.8 Å². The number of hydrogen-bond acceptors (Lipinski definition) is 6. The largest absolute Gasteiger partial charge is 0.490 e. The van der Waals surface area contributed by atoms with E-state index in [2.05, 4.69) is 38.1 Å². The number of aryl methyl sites for hydroxylation is 2. The number of ether oxygens (including phenoxy) is 2. The van der Waals surface area contributed by atoms with E-state index in [9.17, 15) is 4.79 Å². The summed E-state index contributed by atoms with van der Waals surface area (Å²) in [4.78, 5) is 12.4. The number of carbonyl (C=O) groups is 1. The lowest BCUT2D eigenvalue weighted by molar-refractivity contribution is -0.113. The van der Waals surface area contributed by atoms with Crippen molar-refractivity contribution in [3.05, 3.63) is 56.9 Å². The molecule has 0 spiro atoms. The number of aromatic nitrogens is 3.